The van der Waals surface area contributed by atoms with Crippen LogP contribution in [0.4, 0.5) is 8.78 Å². The van der Waals surface area contributed by atoms with Crippen LogP contribution in [0.3, 0.4) is 0 Å². The van der Waals surface area contributed by atoms with Gasteiger partial charge in [0.2, 0.25) is 0 Å². The third-order valence-corrected chi connectivity index (χ3v) is 2.90. The fourth-order valence-corrected chi connectivity index (χ4v) is 1.91. The van der Waals surface area contributed by atoms with E-state index < -0.39 is 11.6 Å². The maximum Gasteiger partial charge on any atom is 0.159 e. The average Bonchev–Trinajstić information content (AvgIpc) is 2.77. The number of halogens is 2. The van der Waals surface area contributed by atoms with Crippen molar-refractivity contribution < 1.29 is 8.78 Å². The van der Waals surface area contributed by atoms with E-state index in [1.165, 1.54) is 6.07 Å². The Morgan fingerprint density at radius 1 is 1.33 bits per heavy atom. The molecule has 2 rings (SSSR count). The number of benzene rings is 1. The minimum Gasteiger partial charge on any atom is -0.313 e. The lowest BCUT2D eigenvalue weighted by molar-refractivity contribution is 0.504. The van der Waals surface area contributed by atoms with E-state index >= 15 is 0 Å². The molecule has 1 aromatic carbocycles. The minimum absolute atomic E-state index is 0.0311. The SMILES string of the molecule is CNC(Cc1ccc(F)c(F)c1)c1cnn(C)c1. The Morgan fingerprint density at radius 2 is 2.11 bits per heavy atom. The lowest BCUT2D eigenvalue weighted by Gasteiger charge is -2.14. The van der Waals surface area contributed by atoms with Gasteiger partial charge in [-0.15, -0.1) is 0 Å². The molecule has 0 aliphatic heterocycles. The van der Waals surface area contributed by atoms with E-state index in [4.69, 9.17) is 0 Å². The first-order valence-electron chi connectivity index (χ1n) is 5.70. The smallest absolute Gasteiger partial charge is 0.159 e. The van der Waals surface area contributed by atoms with Crippen LogP contribution in [-0.2, 0) is 13.5 Å². The van der Waals surface area contributed by atoms with E-state index in [0.29, 0.717) is 6.42 Å². The fourth-order valence-electron chi connectivity index (χ4n) is 1.91. The quantitative estimate of drug-likeness (QED) is 0.902. The zero-order chi connectivity index (χ0) is 13.1. The second kappa shape index (κ2) is 5.27. The van der Waals surface area contributed by atoms with Crippen LogP contribution < -0.4 is 5.32 Å². The van der Waals surface area contributed by atoms with Gasteiger partial charge >= 0.3 is 0 Å². The number of nitrogens with zero attached hydrogens (tertiary/aromatic N) is 2. The summed E-state index contributed by atoms with van der Waals surface area (Å²) in [7, 11) is 3.67. The number of aryl methyl sites for hydroxylation is 1. The van der Waals surface area contributed by atoms with Crippen LogP contribution in [0.2, 0.25) is 0 Å². The van der Waals surface area contributed by atoms with Gasteiger partial charge in [-0.05, 0) is 31.2 Å². The molecule has 18 heavy (non-hydrogen) atoms. The Kier molecular flexibility index (Phi) is 3.72. The van der Waals surface area contributed by atoms with Gasteiger partial charge in [-0.25, -0.2) is 8.78 Å². The molecular formula is C13H15F2N3. The molecule has 0 aliphatic rings. The fraction of sp³-hybridized carbons (Fsp3) is 0.308. The summed E-state index contributed by atoms with van der Waals surface area (Å²) < 4.78 is 27.7. The summed E-state index contributed by atoms with van der Waals surface area (Å²) in [4.78, 5) is 0. The molecule has 5 heteroatoms. The third-order valence-electron chi connectivity index (χ3n) is 2.90. The van der Waals surface area contributed by atoms with Gasteiger partial charge in [0.1, 0.15) is 0 Å². The Balaban J connectivity index is 2.17. The van der Waals surface area contributed by atoms with E-state index in [9.17, 15) is 8.78 Å². The second-order valence-corrected chi connectivity index (χ2v) is 4.24. The molecule has 0 saturated carbocycles. The zero-order valence-electron chi connectivity index (χ0n) is 10.3. The Hall–Kier alpha value is -1.75. The average molecular weight is 251 g/mol. The van der Waals surface area contributed by atoms with Crippen molar-refractivity contribution in [1.29, 1.82) is 0 Å². The highest BCUT2D eigenvalue weighted by molar-refractivity contribution is 5.22. The molecular weight excluding hydrogens is 236 g/mol. The summed E-state index contributed by atoms with van der Waals surface area (Å²) in [5, 5.41) is 7.25. The van der Waals surface area contributed by atoms with Gasteiger partial charge < -0.3 is 5.32 Å². The van der Waals surface area contributed by atoms with Gasteiger partial charge in [0, 0.05) is 24.8 Å². The summed E-state index contributed by atoms with van der Waals surface area (Å²) in [6.07, 6.45) is 4.25. The highest BCUT2D eigenvalue weighted by atomic mass is 19.2. The lowest BCUT2D eigenvalue weighted by Crippen LogP contribution is -2.18. The van der Waals surface area contributed by atoms with E-state index in [2.05, 4.69) is 10.4 Å². The maximum absolute atomic E-state index is 13.1. The van der Waals surface area contributed by atoms with Crippen LogP contribution in [-0.4, -0.2) is 16.8 Å². The van der Waals surface area contributed by atoms with Gasteiger partial charge in [-0.2, -0.15) is 5.10 Å². The summed E-state index contributed by atoms with van der Waals surface area (Å²) in [5.74, 6) is -1.63. The molecule has 0 saturated heterocycles. The van der Waals surface area contributed by atoms with Crippen molar-refractivity contribution in [1.82, 2.24) is 15.1 Å². The van der Waals surface area contributed by atoms with Crippen molar-refractivity contribution in [3.05, 3.63) is 53.4 Å². The Morgan fingerprint density at radius 3 is 2.67 bits per heavy atom. The lowest BCUT2D eigenvalue weighted by atomic mass is 10.0. The van der Waals surface area contributed by atoms with E-state index in [0.717, 1.165) is 17.2 Å². The molecule has 0 bridgehead atoms. The molecule has 0 aliphatic carbocycles. The molecule has 0 amide bonds. The molecule has 0 radical (unpaired) electrons. The number of hydrogen-bond donors (Lipinski definition) is 1. The van der Waals surface area contributed by atoms with Crippen molar-refractivity contribution in [2.24, 2.45) is 7.05 Å². The second-order valence-electron chi connectivity index (χ2n) is 4.24. The predicted molar refractivity (Wildman–Crippen MR) is 65.1 cm³/mol. The number of hydrogen-bond acceptors (Lipinski definition) is 2. The van der Waals surface area contributed by atoms with Crippen LogP contribution in [0, 0.1) is 11.6 Å². The van der Waals surface area contributed by atoms with Crippen molar-refractivity contribution in [2.75, 3.05) is 7.05 Å². The van der Waals surface area contributed by atoms with Crippen LogP contribution >= 0.6 is 0 Å². The summed E-state index contributed by atoms with van der Waals surface area (Å²) >= 11 is 0. The number of likely N-dealkylation sites (N-methyl/N-ethyl adjacent to an activating group) is 1. The number of nitrogens with one attached hydrogen (secondary N) is 1. The molecule has 1 N–H and O–H groups in total. The van der Waals surface area contributed by atoms with Crippen LogP contribution in [0.15, 0.2) is 30.6 Å². The van der Waals surface area contributed by atoms with Crippen molar-refractivity contribution in [3.63, 3.8) is 0 Å². The van der Waals surface area contributed by atoms with E-state index in [-0.39, 0.29) is 6.04 Å². The summed E-state index contributed by atoms with van der Waals surface area (Å²) in [5.41, 5.74) is 1.77. The zero-order valence-corrected chi connectivity index (χ0v) is 10.3. The number of aromatic nitrogens is 2. The molecule has 2 aromatic rings. The van der Waals surface area contributed by atoms with Crippen LogP contribution in [0.1, 0.15) is 17.2 Å². The van der Waals surface area contributed by atoms with Gasteiger partial charge in [-0.3, -0.25) is 4.68 Å². The maximum atomic E-state index is 13.1. The van der Waals surface area contributed by atoms with Gasteiger partial charge in [0.25, 0.3) is 0 Å². The largest absolute Gasteiger partial charge is 0.313 e. The van der Waals surface area contributed by atoms with Gasteiger partial charge in [0.05, 0.1) is 6.20 Å². The van der Waals surface area contributed by atoms with Crippen molar-refractivity contribution in [2.45, 2.75) is 12.5 Å². The summed E-state index contributed by atoms with van der Waals surface area (Å²) in [6, 6.07) is 4.01. The Labute approximate surface area is 104 Å². The highest BCUT2D eigenvalue weighted by Crippen LogP contribution is 2.18. The molecule has 1 atom stereocenters. The first-order valence-corrected chi connectivity index (χ1v) is 5.70. The molecule has 96 valence electrons. The molecule has 1 aromatic heterocycles. The molecule has 1 unspecified atom stereocenters. The number of rotatable bonds is 4. The standard InChI is InChI=1S/C13H15F2N3/c1-16-13(10-7-17-18(2)8-10)6-9-3-4-11(14)12(15)5-9/h3-5,7-8,13,16H,6H2,1-2H3. The van der Waals surface area contributed by atoms with Crippen LogP contribution in [0.5, 0.6) is 0 Å². The van der Waals surface area contributed by atoms with Gasteiger partial charge in [-0.1, -0.05) is 6.07 Å². The molecule has 0 spiro atoms. The topological polar surface area (TPSA) is 29.9 Å². The van der Waals surface area contributed by atoms with Gasteiger partial charge in [0.15, 0.2) is 11.6 Å². The third kappa shape index (κ3) is 2.73. The first-order chi connectivity index (χ1) is 8.60. The monoisotopic (exact) mass is 251 g/mol. The van der Waals surface area contributed by atoms with Crippen molar-refractivity contribution >= 4 is 0 Å². The normalized spacial score (nSPS) is 12.7. The van der Waals surface area contributed by atoms with Crippen LogP contribution in [0.25, 0.3) is 0 Å². The summed E-state index contributed by atoms with van der Waals surface area (Å²) in [6.45, 7) is 0. The molecule has 3 nitrogen and oxygen atoms in total. The van der Waals surface area contributed by atoms with E-state index in [1.807, 2.05) is 20.3 Å². The predicted octanol–water partition coefficient (Wildman–Crippen LogP) is 2.20. The highest BCUT2D eigenvalue weighted by Gasteiger charge is 2.13. The van der Waals surface area contributed by atoms with Crippen molar-refractivity contribution in [3.8, 4) is 0 Å². The first kappa shape index (κ1) is 12.7. The van der Waals surface area contributed by atoms with E-state index in [1.54, 1.807) is 16.9 Å². The molecule has 0 fully saturated rings. The Bertz CT molecular complexity index is 537. The molecule has 1 heterocycles. The minimum atomic E-state index is -0.818.